The number of carbonyl (C=O) groups is 1. The van der Waals surface area contributed by atoms with Crippen molar-refractivity contribution in [2.75, 3.05) is 7.11 Å². The lowest BCUT2D eigenvalue weighted by Gasteiger charge is -2.27. The van der Waals surface area contributed by atoms with Crippen molar-refractivity contribution in [2.24, 2.45) is 0 Å². The van der Waals surface area contributed by atoms with Gasteiger partial charge in [-0.05, 0) is 23.6 Å². The first-order chi connectivity index (χ1) is 11.8. The highest BCUT2D eigenvalue weighted by Gasteiger charge is 2.43. The van der Waals surface area contributed by atoms with E-state index in [1.54, 1.807) is 30.3 Å². The van der Waals surface area contributed by atoms with E-state index in [-0.39, 0.29) is 12.0 Å². The van der Waals surface area contributed by atoms with Gasteiger partial charge < -0.3 is 4.74 Å². The summed E-state index contributed by atoms with van der Waals surface area (Å²) in [5.74, 6) is -0.787. The summed E-state index contributed by atoms with van der Waals surface area (Å²) in [5.41, 5.74) is 0.573. The van der Waals surface area contributed by atoms with Gasteiger partial charge in [0.15, 0.2) is 0 Å². The van der Waals surface area contributed by atoms with Gasteiger partial charge in [-0.15, -0.1) is 0 Å². The summed E-state index contributed by atoms with van der Waals surface area (Å²) in [7, 11) is 1.13. The van der Waals surface area contributed by atoms with Crippen LogP contribution in [0.3, 0.4) is 0 Å². The molecule has 2 aromatic rings. The number of halogens is 4. The molecule has 0 aliphatic carbocycles. The minimum absolute atomic E-state index is 0.0167. The molecule has 0 saturated heterocycles. The van der Waals surface area contributed by atoms with E-state index in [0.29, 0.717) is 10.6 Å². The van der Waals surface area contributed by atoms with E-state index in [1.807, 2.05) is 0 Å². The Labute approximate surface area is 148 Å². The molecular weight excluding hydrogens is 355 g/mol. The van der Waals surface area contributed by atoms with Crippen LogP contribution < -0.4 is 5.32 Å². The molecule has 0 radical (unpaired) electrons. The summed E-state index contributed by atoms with van der Waals surface area (Å²) >= 11 is 6.06. The zero-order chi connectivity index (χ0) is 18.4. The quantitative estimate of drug-likeness (QED) is 0.769. The first kappa shape index (κ1) is 19.3. The van der Waals surface area contributed by atoms with E-state index in [9.17, 15) is 18.0 Å². The normalized spacial score (nSPS) is 14.0. The van der Waals surface area contributed by atoms with Crippen molar-refractivity contribution in [2.45, 2.75) is 24.7 Å². The first-order valence-electron chi connectivity index (χ1n) is 7.52. The summed E-state index contributed by atoms with van der Waals surface area (Å²) in [6.07, 6.45) is -4.60. The van der Waals surface area contributed by atoms with Crippen molar-refractivity contribution in [1.29, 1.82) is 0 Å². The minimum Gasteiger partial charge on any atom is -0.468 e. The third-order valence-corrected chi connectivity index (χ3v) is 4.06. The lowest BCUT2D eigenvalue weighted by atomic mass is 10.0. The van der Waals surface area contributed by atoms with E-state index in [0.717, 1.165) is 7.11 Å². The maximum Gasteiger partial charge on any atom is 0.407 e. The molecule has 0 fully saturated rings. The lowest BCUT2D eigenvalue weighted by molar-refractivity contribution is -0.164. The second-order valence-electron chi connectivity index (χ2n) is 5.42. The Bertz CT molecular complexity index is 707. The Morgan fingerprint density at radius 1 is 1.12 bits per heavy atom. The molecule has 3 nitrogen and oxygen atoms in total. The summed E-state index contributed by atoms with van der Waals surface area (Å²) in [6, 6.07) is 10.8. The number of nitrogens with one attached hydrogen (secondary N) is 1. The van der Waals surface area contributed by atoms with Crippen LogP contribution in [0, 0.1) is 0 Å². The minimum atomic E-state index is -4.58. The molecule has 0 unspecified atom stereocenters. The molecule has 25 heavy (non-hydrogen) atoms. The van der Waals surface area contributed by atoms with Gasteiger partial charge in [-0.3, -0.25) is 10.1 Å². The van der Waals surface area contributed by atoms with Gasteiger partial charge in [0, 0.05) is 5.02 Å². The van der Waals surface area contributed by atoms with Crippen LogP contribution in [0.5, 0.6) is 0 Å². The van der Waals surface area contributed by atoms with Gasteiger partial charge in [-0.1, -0.05) is 60.1 Å². The van der Waals surface area contributed by atoms with E-state index >= 15 is 0 Å². The predicted octanol–water partition coefficient (Wildman–Crippen LogP) is 4.32. The fraction of sp³-hybridized carbons (Fsp3) is 0.278. The zero-order valence-corrected chi connectivity index (χ0v) is 14.1. The molecule has 0 aromatic heterocycles. The van der Waals surface area contributed by atoms with Crippen LogP contribution in [0.25, 0.3) is 0 Å². The molecule has 2 aromatic carbocycles. The van der Waals surface area contributed by atoms with Gasteiger partial charge in [0.25, 0.3) is 0 Å². The molecular formula is C18H17ClF3NO2. The Hall–Kier alpha value is -2.05. The monoisotopic (exact) mass is 371 g/mol. The largest absolute Gasteiger partial charge is 0.468 e. The van der Waals surface area contributed by atoms with Crippen LogP contribution in [0.2, 0.25) is 5.02 Å². The Balaban J connectivity index is 2.30. The Morgan fingerprint density at radius 2 is 1.72 bits per heavy atom. The van der Waals surface area contributed by atoms with Gasteiger partial charge >= 0.3 is 12.1 Å². The lowest BCUT2D eigenvalue weighted by Crippen LogP contribution is -2.46. The summed E-state index contributed by atoms with van der Waals surface area (Å²) in [6.45, 7) is 0. The smallest absolute Gasteiger partial charge is 0.407 e. The molecule has 0 amide bonds. The molecule has 0 spiro atoms. The number of ether oxygens (including phenoxy) is 1. The van der Waals surface area contributed by atoms with Crippen LogP contribution in [-0.2, 0) is 16.0 Å². The number of hydrogen-bond acceptors (Lipinski definition) is 3. The predicted molar refractivity (Wildman–Crippen MR) is 89.3 cm³/mol. The standard InChI is InChI=1S/C18H17ClF3NO2/c1-25-17(24)15(11-13-9-5-6-10-14(13)19)23-16(18(20,21)22)12-7-3-2-4-8-12/h2-10,15-16,23H,11H2,1H3/t15-,16-/m0/s1. The van der Waals surface area contributed by atoms with Crippen molar-refractivity contribution < 1.29 is 22.7 Å². The van der Waals surface area contributed by atoms with Crippen molar-refractivity contribution in [1.82, 2.24) is 5.32 Å². The summed E-state index contributed by atoms with van der Waals surface area (Å²) in [5, 5.41) is 2.75. The van der Waals surface area contributed by atoms with Gasteiger partial charge in [0.1, 0.15) is 12.1 Å². The number of esters is 1. The summed E-state index contributed by atoms with van der Waals surface area (Å²) in [4.78, 5) is 12.0. The molecule has 0 aliphatic heterocycles. The number of hydrogen-bond donors (Lipinski definition) is 1. The molecule has 2 atom stereocenters. The van der Waals surface area contributed by atoms with Crippen LogP contribution in [0.15, 0.2) is 54.6 Å². The molecule has 0 aliphatic rings. The van der Waals surface area contributed by atoms with Crippen LogP contribution >= 0.6 is 11.6 Å². The maximum atomic E-state index is 13.5. The SMILES string of the molecule is COC(=O)[C@H](Cc1ccccc1Cl)N[C@@H](c1ccccc1)C(F)(F)F. The van der Waals surface area contributed by atoms with E-state index in [2.05, 4.69) is 10.1 Å². The Kier molecular flexibility index (Phi) is 6.45. The van der Waals surface area contributed by atoms with Crippen molar-refractivity contribution in [3.63, 3.8) is 0 Å². The second kappa shape index (κ2) is 8.36. The number of carbonyl (C=O) groups excluding carboxylic acids is 1. The van der Waals surface area contributed by atoms with Gasteiger partial charge in [0.05, 0.1) is 7.11 Å². The summed E-state index contributed by atoms with van der Waals surface area (Å²) < 4.78 is 45.2. The maximum absolute atomic E-state index is 13.5. The molecule has 0 saturated carbocycles. The van der Waals surface area contributed by atoms with E-state index < -0.39 is 24.2 Å². The first-order valence-corrected chi connectivity index (χ1v) is 7.89. The number of methoxy groups -OCH3 is 1. The molecule has 7 heteroatoms. The third kappa shape index (κ3) is 5.21. The highest BCUT2D eigenvalue weighted by atomic mass is 35.5. The molecule has 1 N–H and O–H groups in total. The van der Waals surface area contributed by atoms with E-state index in [4.69, 9.17) is 11.6 Å². The van der Waals surface area contributed by atoms with Crippen LogP contribution in [0.4, 0.5) is 13.2 Å². The number of alkyl halides is 3. The van der Waals surface area contributed by atoms with Crippen molar-refractivity contribution >= 4 is 17.6 Å². The van der Waals surface area contributed by atoms with Crippen molar-refractivity contribution in [3.05, 3.63) is 70.7 Å². The molecule has 0 bridgehead atoms. The van der Waals surface area contributed by atoms with Crippen molar-refractivity contribution in [3.8, 4) is 0 Å². The molecule has 134 valence electrons. The highest BCUT2D eigenvalue weighted by molar-refractivity contribution is 6.31. The average Bonchev–Trinajstić information content (AvgIpc) is 2.59. The highest BCUT2D eigenvalue weighted by Crippen LogP contribution is 2.33. The van der Waals surface area contributed by atoms with Gasteiger partial charge in [-0.2, -0.15) is 13.2 Å². The van der Waals surface area contributed by atoms with Gasteiger partial charge in [-0.25, -0.2) is 0 Å². The van der Waals surface area contributed by atoms with Crippen LogP contribution in [0.1, 0.15) is 17.2 Å². The average molecular weight is 372 g/mol. The van der Waals surface area contributed by atoms with E-state index in [1.165, 1.54) is 24.3 Å². The van der Waals surface area contributed by atoms with Gasteiger partial charge in [0.2, 0.25) is 0 Å². The number of rotatable bonds is 6. The topological polar surface area (TPSA) is 38.3 Å². The molecule has 0 heterocycles. The Morgan fingerprint density at radius 3 is 2.28 bits per heavy atom. The zero-order valence-electron chi connectivity index (χ0n) is 13.4. The second-order valence-corrected chi connectivity index (χ2v) is 5.83. The fourth-order valence-corrected chi connectivity index (χ4v) is 2.68. The molecule has 2 rings (SSSR count). The number of benzene rings is 2. The van der Waals surface area contributed by atoms with Crippen LogP contribution in [-0.4, -0.2) is 25.3 Å². The third-order valence-electron chi connectivity index (χ3n) is 3.70. The fourth-order valence-electron chi connectivity index (χ4n) is 2.46.